The highest BCUT2D eigenvalue weighted by atomic mass is 35.5. The lowest BCUT2D eigenvalue weighted by atomic mass is 10.2. The zero-order chi connectivity index (χ0) is 21.8. The van der Waals surface area contributed by atoms with Crippen molar-refractivity contribution < 1.29 is 14.4 Å². The van der Waals surface area contributed by atoms with Crippen LogP contribution < -0.4 is 10.2 Å². The molecule has 0 bridgehead atoms. The maximum atomic E-state index is 12.9. The predicted octanol–water partition coefficient (Wildman–Crippen LogP) is 4.43. The van der Waals surface area contributed by atoms with Gasteiger partial charge in [0.25, 0.3) is 5.91 Å². The molecule has 2 aliphatic rings. The maximum absolute atomic E-state index is 12.9. The molecule has 2 saturated heterocycles. The standard InChI is InChI=1S/C23H24ClN3O3S/c24-18-14-16(9-10-19(18)27-13-5-8-21(27)28)25-23(30)17-6-1-2-7-20(17)31-15-22(29)26-11-3-4-12-26/h1-2,6-7,9-10,14H,3-5,8,11-13,15H2,(H,25,30). The van der Waals surface area contributed by atoms with Crippen LogP contribution in [0.3, 0.4) is 0 Å². The third-order valence-corrected chi connectivity index (χ3v) is 6.87. The second kappa shape index (κ2) is 9.75. The summed E-state index contributed by atoms with van der Waals surface area (Å²) in [5, 5.41) is 3.30. The lowest BCUT2D eigenvalue weighted by Gasteiger charge is -2.18. The van der Waals surface area contributed by atoms with E-state index >= 15 is 0 Å². The molecule has 31 heavy (non-hydrogen) atoms. The molecule has 0 aromatic heterocycles. The number of likely N-dealkylation sites (tertiary alicyclic amines) is 1. The average molecular weight is 458 g/mol. The Balaban J connectivity index is 1.43. The molecule has 2 aliphatic heterocycles. The van der Waals surface area contributed by atoms with Crippen molar-refractivity contribution in [2.24, 2.45) is 0 Å². The normalized spacial score (nSPS) is 16.1. The van der Waals surface area contributed by atoms with Gasteiger partial charge in [-0.15, -0.1) is 11.8 Å². The number of benzene rings is 2. The highest BCUT2D eigenvalue weighted by Gasteiger charge is 2.24. The van der Waals surface area contributed by atoms with Crippen molar-refractivity contribution in [1.29, 1.82) is 0 Å². The van der Waals surface area contributed by atoms with Crippen LogP contribution in [0.1, 0.15) is 36.0 Å². The first-order valence-electron chi connectivity index (χ1n) is 10.4. The summed E-state index contributed by atoms with van der Waals surface area (Å²) in [6, 6.07) is 12.4. The number of hydrogen-bond acceptors (Lipinski definition) is 4. The van der Waals surface area contributed by atoms with Crippen molar-refractivity contribution in [1.82, 2.24) is 4.90 Å². The van der Waals surface area contributed by atoms with Gasteiger partial charge in [0.05, 0.1) is 22.0 Å². The lowest BCUT2D eigenvalue weighted by Crippen LogP contribution is -2.29. The number of nitrogens with zero attached hydrogens (tertiary/aromatic N) is 2. The third-order valence-electron chi connectivity index (χ3n) is 5.51. The summed E-state index contributed by atoms with van der Waals surface area (Å²) >= 11 is 7.77. The van der Waals surface area contributed by atoms with Gasteiger partial charge in [0.2, 0.25) is 11.8 Å². The van der Waals surface area contributed by atoms with Crippen LogP contribution in [-0.4, -0.2) is 48.0 Å². The monoisotopic (exact) mass is 457 g/mol. The molecule has 3 amide bonds. The van der Waals surface area contributed by atoms with E-state index in [1.807, 2.05) is 17.0 Å². The van der Waals surface area contributed by atoms with E-state index in [0.29, 0.717) is 40.7 Å². The Kier molecular flexibility index (Phi) is 6.83. The van der Waals surface area contributed by atoms with Crippen molar-refractivity contribution in [3.8, 4) is 0 Å². The molecule has 0 atom stereocenters. The summed E-state index contributed by atoms with van der Waals surface area (Å²) in [4.78, 5) is 41.6. The average Bonchev–Trinajstić information content (AvgIpc) is 3.44. The summed E-state index contributed by atoms with van der Waals surface area (Å²) in [6.07, 6.45) is 3.47. The summed E-state index contributed by atoms with van der Waals surface area (Å²) in [7, 11) is 0. The Morgan fingerprint density at radius 1 is 1.03 bits per heavy atom. The molecule has 8 heteroatoms. The minimum Gasteiger partial charge on any atom is -0.342 e. The number of rotatable bonds is 6. The summed E-state index contributed by atoms with van der Waals surface area (Å²) in [5.41, 5.74) is 1.73. The van der Waals surface area contributed by atoms with Crippen molar-refractivity contribution in [2.75, 3.05) is 35.6 Å². The van der Waals surface area contributed by atoms with Crippen LogP contribution in [0.15, 0.2) is 47.4 Å². The molecule has 0 saturated carbocycles. The SMILES string of the molecule is O=C(Nc1ccc(N2CCCC2=O)c(Cl)c1)c1ccccc1SCC(=O)N1CCCC1. The van der Waals surface area contributed by atoms with Gasteiger partial charge in [-0.2, -0.15) is 0 Å². The van der Waals surface area contributed by atoms with Gasteiger partial charge < -0.3 is 15.1 Å². The molecule has 2 aromatic rings. The minimum atomic E-state index is -0.266. The molecule has 0 aliphatic carbocycles. The van der Waals surface area contributed by atoms with E-state index in [1.165, 1.54) is 11.8 Å². The van der Waals surface area contributed by atoms with Crippen LogP contribution in [0.5, 0.6) is 0 Å². The molecule has 2 aromatic carbocycles. The van der Waals surface area contributed by atoms with Gasteiger partial charge in [-0.1, -0.05) is 23.7 Å². The molecule has 0 radical (unpaired) electrons. The molecule has 0 spiro atoms. The van der Waals surface area contributed by atoms with Crippen LogP contribution in [0, 0.1) is 0 Å². The molecule has 2 heterocycles. The lowest BCUT2D eigenvalue weighted by molar-refractivity contribution is -0.127. The van der Waals surface area contributed by atoms with E-state index in [0.717, 1.165) is 37.2 Å². The van der Waals surface area contributed by atoms with Crippen molar-refractivity contribution in [3.63, 3.8) is 0 Å². The van der Waals surface area contributed by atoms with E-state index < -0.39 is 0 Å². The Morgan fingerprint density at radius 2 is 1.81 bits per heavy atom. The molecular weight excluding hydrogens is 434 g/mol. The van der Waals surface area contributed by atoms with Gasteiger partial charge >= 0.3 is 0 Å². The van der Waals surface area contributed by atoms with Crippen LogP contribution in [-0.2, 0) is 9.59 Å². The first-order valence-corrected chi connectivity index (χ1v) is 11.8. The highest BCUT2D eigenvalue weighted by Crippen LogP contribution is 2.32. The van der Waals surface area contributed by atoms with E-state index in [2.05, 4.69) is 5.32 Å². The number of nitrogens with one attached hydrogen (secondary N) is 1. The van der Waals surface area contributed by atoms with E-state index in [-0.39, 0.29) is 17.7 Å². The van der Waals surface area contributed by atoms with Gasteiger partial charge in [-0.25, -0.2) is 0 Å². The third kappa shape index (κ3) is 5.05. The minimum absolute atomic E-state index is 0.0631. The Bertz CT molecular complexity index is 1010. The molecule has 4 rings (SSSR count). The van der Waals surface area contributed by atoms with Gasteiger partial charge in [0.15, 0.2) is 0 Å². The first-order chi connectivity index (χ1) is 15.0. The van der Waals surface area contributed by atoms with Crippen molar-refractivity contribution in [2.45, 2.75) is 30.6 Å². The molecular formula is C23H24ClN3O3S. The number of carbonyl (C=O) groups excluding carboxylic acids is 3. The van der Waals surface area contributed by atoms with Crippen molar-refractivity contribution in [3.05, 3.63) is 53.1 Å². The Labute approximate surface area is 190 Å². The first kappa shape index (κ1) is 21.7. The number of amides is 3. The molecule has 6 nitrogen and oxygen atoms in total. The van der Waals surface area contributed by atoms with Crippen molar-refractivity contribution >= 4 is 52.5 Å². The number of hydrogen-bond donors (Lipinski definition) is 1. The highest BCUT2D eigenvalue weighted by molar-refractivity contribution is 8.00. The second-order valence-corrected chi connectivity index (χ2v) is 9.07. The topological polar surface area (TPSA) is 69.7 Å². The number of carbonyl (C=O) groups is 3. The van der Waals surface area contributed by atoms with Crippen LogP contribution >= 0.6 is 23.4 Å². The fourth-order valence-corrected chi connectivity index (χ4v) is 5.12. The largest absolute Gasteiger partial charge is 0.342 e. The quantitative estimate of drug-likeness (QED) is 0.651. The molecule has 162 valence electrons. The van der Waals surface area contributed by atoms with Gasteiger partial charge in [0, 0.05) is 36.6 Å². The van der Waals surface area contributed by atoms with E-state index in [1.54, 1.807) is 35.2 Å². The number of anilines is 2. The zero-order valence-corrected chi connectivity index (χ0v) is 18.7. The van der Waals surface area contributed by atoms with E-state index in [4.69, 9.17) is 11.6 Å². The number of thioether (sulfide) groups is 1. The van der Waals surface area contributed by atoms with Crippen LogP contribution in [0.2, 0.25) is 5.02 Å². The zero-order valence-electron chi connectivity index (χ0n) is 17.1. The maximum Gasteiger partial charge on any atom is 0.256 e. The summed E-state index contributed by atoms with van der Waals surface area (Å²) < 4.78 is 0. The fourth-order valence-electron chi connectivity index (χ4n) is 3.88. The van der Waals surface area contributed by atoms with Crippen LogP contribution in [0.25, 0.3) is 0 Å². The van der Waals surface area contributed by atoms with Gasteiger partial charge in [0.1, 0.15) is 0 Å². The number of halogens is 1. The van der Waals surface area contributed by atoms with Crippen LogP contribution in [0.4, 0.5) is 11.4 Å². The molecule has 2 fully saturated rings. The predicted molar refractivity (Wildman–Crippen MR) is 124 cm³/mol. The van der Waals surface area contributed by atoms with Gasteiger partial charge in [-0.05, 0) is 49.6 Å². The van der Waals surface area contributed by atoms with Gasteiger partial charge in [-0.3, -0.25) is 14.4 Å². The summed E-state index contributed by atoms with van der Waals surface area (Å²) in [5.74, 6) is 0.219. The summed E-state index contributed by atoms with van der Waals surface area (Å²) in [6.45, 7) is 2.30. The smallest absolute Gasteiger partial charge is 0.256 e. The molecule has 0 unspecified atom stereocenters. The molecule has 1 N–H and O–H groups in total. The second-order valence-electron chi connectivity index (χ2n) is 7.64. The fraction of sp³-hybridized carbons (Fsp3) is 0.348. The van der Waals surface area contributed by atoms with E-state index in [9.17, 15) is 14.4 Å². The Morgan fingerprint density at radius 3 is 2.52 bits per heavy atom. The Hall–Kier alpha value is -2.51.